The highest BCUT2D eigenvalue weighted by Gasteiger charge is 2.36. The normalized spacial score (nSPS) is 12.3. The summed E-state index contributed by atoms with van der Waals surface area (Å²) in [5.41, 5.74) is 6.35. The molecule has 0 saturated carbocycles. The molecule has 0 aliphatic heterocycles. The lowest BCUT2D eigenvalue weighted by atomic mass is 10.0. The number of alkyl carbamates (subject to hydrolysis) is 1. The number of aryl methyl sites for hydroxylation is 1. The Morgan fingerprint density at radius 2 is 1.66 bits per heavy atom. The van der Waals surface area contributed by atoms with Crippen molar-refractivity contribution in [1.82, 2.24) is 10.2 Å². The molecule has 4 N–H and O–H groups in total. The zero-order valence-electron chi connectivity index (χ0n) is 22.2. The topological polar surface area (TPSA) is 140 Å². The lowest BCUT2D eigenvalue weighted by molar-refractivity contribution is -0.138. The van der Waals surface area contributed by atoms with Crippen LogP contribution in [0.2, 0.25) is 0 Å². The van der Waals surface area contributed by atoms with E-state index in [1.54, 1.807) is 57.2 Å². The van der Waals surface area contributed by atoms with Crippen LogP contribution in [0.5, 0.6) is 5.75 Å². The van der Waals surface area contributed by atoms with Gasteiger partial charge < -0.3 is 25.8 Å². The molecule has 10 heteroatoms. The average Bonchev–Trinajstić information content (AvgIpc) is 2.85. The molecule has 0 radical (unpaired) electrons. The largest absolute Gasteiger partial charge is 0.497 e. The third-order valence-corrected chi connectivity index (χ3v) is 5.34. The lowest BCUT2D eigenvalue weighted by Gasteiger charge is -2.30. The van der Waals surface area contributed by atoms with Crippen molar-refractivity contribution in [1.29, 1.82) is 0 Å². The van der Waals surface area contributed by atoms with E-state index >= 15 is 0 Å². The van der Waals surface area contributed by atoms with E-state index in [4.69, 9.17) is 21.6 Å². The van der Waals surface area contributed by atoms with E-state index in [-0.39, 0.29) is 0 Å². The van der Waals surface area contributed by atoms with Crippen molar-refractivity contribution in [2.45, 2.75) is 58.2 Å². The molecule has 38 heavy (non-hydrogen) atoms. The van der Waals surface area contributed by atoms with Crippen molar-refractivity contribution >= 4 is 29.5 Å². The number of nitrogens with zero attached hydrogens (tertiary/aromatic N) is 1. The van der Waals surface area contributed by atoms with Gasteiger partial charge in [0.2, 0.25) is 5.91 Å². The van der Waals surface area contributed by atoms with E-state index in [0.717, 1.165) is 16.9 Å². The molecule has 0 aliphatic rings. The van der Waals surface area contributed by atoms with Crippen LogP contribution in [0.3, 0.4) is 0 Å². The fraction of sp³-hybridized carbons (Fsp3) is 0.357. The van der Waals surface area contributed by atoms with E-state index in [9.17, 15) is 19.2 Å². The molecule has 0 heterocycles. The number of carbonyl (C=O) groups is 4. The van der Waals surface area contributed by atoms with E-state index in [1.165, 1.54) is 7.11 Å². The number of primary amides is 1. The number of ether oxygens (including phenoxy) is 2. The second kappa shape index (κ2) is 13.1. The van der Waals surface area contributed by atoms with Gasteiger partial charge in [-0.15, -0.1) is 0 Å². The van der Waals surface area contributed by atoms with E-state index in [1.807, 2.05) is 19.1 Å². The Hall–Kier alpha value is -4.52. The number of amides is 4. The number of methoxy groups -OCH3 is 1. The molecule has 202 valence electrons. The van der Waals surface area contributed by atoms with Gasteiger partial charge in [0.05, 0.1) is 13.5 Å². The highest BCUT2D eigenvalue weighted by Crippen LogP contribution is 2.25. The quantitative estimate of drug-likeness (QED) is 0.324. The molecule has 2 unspecified atom stereocenters. The molecule has 0 aliphatic carbocycles. The summed E-state index contributed by atoms with van der Waals surface area (Å²) in [7, 11) is 1.52. The predicted octanol–water partition coefficient (Wildman–Crippen LogP) is 3.13. The zero-order chi connectivity index (χ0) is 28.5. The third-order valence-electron chi connectivity index (χ3n) is 5.34. The Balaban J connectivity index is 2.46. The highest BCUT2D eigenvalue weighted by molar-refractivity contribution is 6.00. The van der Waals surface area contributed by atoms with Gasteiger partial charge in [0.15, 0.2) is 0 Å². The number of hydrogen-bond acceptors (Lipinski definition) is 6. The van der Waals surface area contributed by atoms with Crippen molar-refractivity contribution in [2.75, 3.05) is 12.4 Å². The van der Waals surface area contributed by atoms with Crippen LogP contribution in [0.4, 0.5) is 10.5 Å². The monoisotopic (exact) mass is 522 g/mol. The van der Waals surface area contributed by atoms with Crippen LogP contribution in [0.15, 0.2) is 48.5 Å². The van der Waals surface area contributed by atoms with Crippen molar-refractivity contribution in [2.24, 2.45) is 5.73 Å². The summed E-state index contributed by atoms with van der Waals surface area (Å²) in [6.45, 7) is 6.91. The van der Waals surface area contributed by atoms with Gasteiger partial charge in [0.25, 0.3) is 11.8 Å². The maximum absolute atomic E-state index is 13.6. The van der Waals surface area contributed by atoms with Gasteiger partial charge in [0, 0.05) is 11.7 Å². The minimum atomic E-state index is -1.47. The van der Waals surface area contributed by atoms with Crippen LogP contribution in [0.1, 0.15) is 51.3 Å². The summed E-state index contributed by atoms with van der Waals surface area (Å²) >= 11 is 0. The van der Waals surface area contributed by atoms with Gasteiger partial charge in [-0.3, -0.25) is 19.3 Å². The molecule has 2 aromatic rings. The third kappa shape index (κ3) is 8.55. The molecule has 2 aromatic carbocycles. The average molecular weight is 523 g/mol. The summed E-state index contributed by atoms with van der Waals surface area (Å²) in [6, 6.07) is 13.1. The number of rotatable bonds is 10. The summed E-state index contributed by atoms with van der Waals surface area (Å²) in [5.74, 6) is -1.76. The Labute approximate surface area is 222 Å². The van der Waals surface area contributed by atoms with Gasteiger partial charge >= 0.3 is 6.09 Å². The first-order valence-electron chi connectivity index (χ1n) is 12.0. The second-order valence-electron chi connectivity index (χ2n) is 9.42. The van der Waals surface area contributed by atoms with Crippen molar-refractivity contribution in [3.63, 3.8) is 0 Å². The molecule has 0 fully saturated rings. The van der Waals surface area contributed by atoms with E-state index in [2.05, 4.69) is 16.7 Å². The first-order chi connectivity index (χ1) is 17.9. The van der Waals surface area contributed by atoms with Crippen LogP contribution in [-0.4, -0.2) is 47.5 Å². The summed E-state index contributed by atoms with van der Waals surface area (Å²) in [5, 5.41) is 5.11. The maximum atomic E-state index is 13.6. The number of nitrogens with one attached hydrogen (secondary N) is 2. The van der Waals surface area contributed by atoms with Crippen molar-refractivity contribution in [3.8, 4) is 18.2 Å². The molecule has 0 bridgehead atoms. The second-order valence-corrected chi connectivity index (χ2v) is 9.42. The number of benzene rings is 2. The fourth-order valence-corrected chi connectivity index (χ4v) is 3.52. The molecular formula is C28H34N4O6. The van der Waals surface area contributed by atoms with Gasteiger partial charge in [0.1, 0.15) is 23.4 Å². The van der Waals surface area contributed by atoms with Gasteiger partial charge in [-0.05, 0) is 62.6 Å². The Morgan fingerprint density at radius 1 is 1.05 bits per heavy atom. The molecular weight excluding hydrogens is 488 g/mol. The number of carbonyl (C=O) groups excluding carboxylic acids is 4. The molecule has 0 spiro atoms. The fourth-order valence-electron chi connectivity index (χ4n) is 3.52. The molecule has 0 saturated heterocycles. The number of hydrogen-bond donors (Lipinski definition) is 3. The van der Waals surface area contributed by atoms with Gasteiger partial charge in [-0.2, -0.15) is 0 Å². The van der Waals surface area contributed by atoms with Crippen molar-refractivity contribution in [3.05, 3.63) is 59.7 Å². The van der Waals surface area contributed by atoms with Gasteiger partial charge in [-0.1, -0.05) is 37.6 Å². The summed E-state index contributed by atoms with van der Waals surface area (Å²) < 4.78 is 10.4. The first-order valence-corrected chi connectivity index (χ1v) is 12.0. The standard InChI is InChI=1S/C28H34N4O6/c1-7-18-9-11-19(12-10-18)24(25(34)30-20-13-15-21(37-6)16-14-20)32(8-2)26(35)22(17-23(29)33)31-27(36)38-28(3,4)5/h2,9-16,22,24H,7,17H2,1,3-6H3,(H2,29,33)(H,30,34)(H,31,36). The van der Waals surface area contributed by atoms with Crippen LogP contribution < -0.4 is 21.1 Å². The minimum Gasteiger partial charge on any atom is -0.497 e. The van der Waals surface area contributed by atoms with Gasteiger partial charge in [-0.25, -0.2) is 4.79 Å². The number of anilines is 1. The Bertz CT molecular complexity index is 1180. The minimum absolute atomic E-state index is 0.426. The van der Waals surface area contributed by atoms with E-state index < -0.39 is 47.9 Å². The molecule has 4 amide bonds. The summed E-state index contributed by atoms with van der Waals surface area (Å²) in [6.07, 6.45) is 5.00. The lowest BCUT2D eigenvalue weighted by Crippen LogP contribution is -2.52. The van der Waals surface area contributed by atoms with Crippen LogP contribution in [0.25, 0.3) is 0 Å². The number of nitrogens with two attached hydrogens (primary N) is 1. The van der Waals surface area contributed by atoms with E-state index in [0.29, 0.717) is 17.0 Å². The Kier molecular flexibility index (Phi) is 10.3. The zero-order valence-corrected chi connectivity index (χ0v) is 22.2. The highest BCUT2D eigenvalue weighted by atomic mass is 16.6. The van der Waals surface area contributed by atoms with Crippen LogP contribution in [-0.2, 0) is 25.5 Å². The molecule has 2 rings (SSSR count). The van der Waals surface area contributed by atoms with Crippen LogP contribution >= 0.6 is 0 Å². The van der Waals surface area contributed by atoms with Crippen molar-refractivity contribution < 1.29 is 28.7 Å². The molecule has 10 nitrogen and oxygen atoms in total. The Morgan fingerprint density at radius 3 is 2.13 bits per heavy atom. The number of terminal acetylenes is 1. The summed E-state index contributed by atoms with van der Waals surface area (Å²) in [4.78, 5) is 52.1. The smallest absolute Gasteiger partial charge is 0.408 e. The SMILES string of the molecule is C#CN(C(=O)C(CC(N)=O)NC(=O)OC(C)(C)C)C(C(=O)Nc1ccc(OC)cc1)c1ccc(CC)cc1. The molecule has 0 aromatic heterocycles. The van der Waals surface area contributed by atoms with Crippen LogP contribution in [0, 0.1) is 12.5 Å². The maximum Gasteiger partial charge on any atom is 0.408 e. The molecule has 2 atom stereocenters. The first kappa shape index (κ1) is 29.7. The predicted molar refractivity (Wildman–Crippen MR) is 143 cm³/mol.